The molecule has 0 aromatic heterocycles. The molecule has 3 heteroatoms. The maximum Gasteiger partial charge on any atom is 0.119 e. The minimum absolute atomic E-state index is 0.0154. The van der Waals surface area contributed by atoms with E-state index in [1.807, 2.05) is 0 Å². The molecule has 1 aromatic rings. The molecule has 1 N–H and O–H groups in total. The molecule has 2 rings (SSSR count). The average molecular weight is 376 g/mol. The quantitative estimate of drug-likeness (QED) is 0.511. The summed E-state index contributed by atoms with van der Waals surface area (Å²) in [6.45, 7) is 16.2. The van der Waals surface area contributed by atoms with Gasteiger partial charge in [-0.3, -0.25) is 0 Å². The lowest BCUT2D eigenvalue weighted by Gasteiger charge is -2.45. The Balaban J connectivity index is 1.84. The first kappa shape index (κ1) is 22.2. The molecular formula is C24H41NO2. The van der Waals surface area contributed by atoms with E-state index in [1.54, 1.807) is 0 Å². The summed E-state index contributed by atoms with van der Waals surface area (Å²) in [4.78, 5) is 0. The normalized spacial score (nSPS) is 22.4. The Bertz CT molecular complexity index is 550. The van der Waals surface area contributed by atoms with E-state index in [2.05, 4.69) is 71.1 Å². The Hall–Kier alpha value is -1.06. The fourth-order valence-electron chi connectivity index (χ4n) is 4.28. The molecule has 1 atom stereocenters. The van der Waals surface area contributed by atoms with E-state index in [-0.39, 0.29) is 11.7 Å². The molecule has 1 fully saturated rings. The maximum atomic E-state index is 6.01. The van der Waals surface area contributed by atoms with Gasteiger partial charge in [0.1, 0.15) is 5.75 Å². The molecule has 0 unspecified atom stereocenters. The fraction of sp³-hybridized carbons (Fsp3) is 0.750. The smallest absolute Gasteiger partial charge is 0.119 e. The van der Waals surface area contributed by atoms with Crippen molar-refractivity contribution >= 4 is 0 Å². The van der Waals surface area contributed by atoms with E-state index < -0.39 is 0 Å². The van der Waals surface area contributed by atoms with Crippen LogP contribution in [0.25, 0.3) is 0 Å². The van der Waals surface area contributed by atoms with E-state index in [9.17, 15) is 0 Å². The van der Waals surface area contributed by atoms with E-state index in [4.69, 9.17) is 9.47 Å². The number of benzene rings is 1. The first-order valence-corrected chi connectivity index (χ1v) is 10.8. The van der Waals surface area contributed by atoms with E-state index >= 15 is 0 Å². The summed E-state index contributed by atoms with van der Waals surface area (Å²) in [6.07, 6.45) is 6.47. The van der Waals surface area contributed by atoms with Gasteiger partial charge in [0.2, 0.25) is 0 Å². The third-order valence-corrected chi connectivity index (χ3v) is 5.63. The van der Waals surface area contributed by atoms with Gasteiger partial charge < -0.3 is 14.8 Å². The minimum atomic E-state index is 0.0154. The van der Waals surface area contributed by atoms with Crippen molar-refractivity contribution in [3.8, 4) is 5.75 Å². The molecule has 0 bridgehead atoms. The van der Waals surface area contributed by atoms with E-state index in [0.717, 1.165) is 31.4 Å². The summed E-state index contributed by atoms with van der Waals surface area (Å²) in [6, 6.07) is 8.47. The largest absolute Gasteiger partial charge is 0.491 e. The van der Waals surface area contributed by atoms with Crippen LogP contribution < -0.4 is 10.1 Å². The van der Waals surface area contributed by atoms with Gasteiger partial charge in [-0.25, -0.2) is 0 Å². The zero-order valence-electron chi connectivity index (χ0n) is 18.4. The van der Waals surface area contributed by atoms with Crippen molar-refractivity contribution in [3.63, 3.8) is 0 Å². The summed E-state index contributed by atoms with van der Waals surface area (Å²) in [5.41, 5.74) is 1.75. The van der Waals surface area contributed by atoms with Crippen LogP contribution in [0.1, 0.15) is 79.2 Å². The van der Waals surface area contributed by atoms with Gasteiger partial charge in [-0.1, -0.05) is 32.4 Å². The van der Waals surface area contributed by atoms with Gasteiger partial charge in [-0.05, 0) is 89.0 Å². The van der Waals surface area contributed by atoms with Gasteiger partial charge in [0.05, 0.1) is 11.7 Å². The summed E-state index contributed by atoms with van der Waals surface area (Å²) >= 11 is 0. The molecule has 1 heterocycles. The maximum absolute atomic E-state index is 6.01. The van der Waals surface area contributed by atoms with E-state index in [1.165, 1.54) is 37.7 Å². The number of nitrogens with one attached hydrogen (secondary N) is 1. The van der Waals surface area contributed by atoms with Crippen LogP contribution in [0.15, 0.2) is 24.3 Å². The molecule has 1 aromatic carbocycles. The third-order valence-electron chi connectivity index (χ3n) is 5.63. The summed E-state index contributed by atoms with van der Waals surface area (Å²) < 4.78 is 11.7. The molecule has 1 saturated heterocycles. The van der Waals surface area contributed by atoms with Gasteiger partial charge in [0.25, 0.3) is 0 Å². The van der Waals surface area contributed by atoms with Crippen LogP contribution >= 0.6 is 0 Å². The van der Waals surface area contributed by atoms with Gasteiger partial charge in [0.15, 0.2) is 0 Å². The van der Waals surface area contributed by atoms with Crippen LogP contribution in [0.3, 0.4) is 0 Å². The molecule has 3 nitrogen and oxygen atoms in total. The molecule has 0 aliphatic carbocycles. The second-order valence-electron chi connectivity index (χ2n) is 9.70. The Labute approximate surface area is 167 Å². The van der Waals surface area contributed by atoms with Crippen molar-refractivity contribution < 1.29 is 9.47 Å². The first-order valence-electron chi connectivity index (χ1n) is 10.8. The number of ether oxygens (including phenoxy) is 2. The minimum Gasteiger partial charge on any atom is -0.491 e. The Morgan fingerprint density at radius 1 is 1.07 bits per heavy atom. The Morgan fingerprint density at radius 2 is 1.78 bits per heavy atom. The predicted octanol–water partition coefficient (Wildman–Crippen LogP) is 5.97. The standard InChI is InChI=1S/C24H41NO2/c1-19(2)11-12-24(14-16-26-23(5,6)18-24)13-15-25-17-21-7-9-22(10-8-21)27-20(3)4/h7-10,19-20,25H,11-18H2,1-6H3/t24-/m1/s1. The monoisotopic (exact) mass is 375 g/mol. The van der Waals surface area contributed by atoms with E-state index in [0.29, 0.717) is 5.41 Å². The van der Waals surface area contributed by atoms with Crippen molar-refractivity contribution in [1.29, 1.82) is 0 Å². The lowest BCUT2D eigenvalue weighted by molar-refractivity contribution is -0.110. The van der Waals surface area contributed by atoms with Gasteiger partial charge in [-0.2, -0.15) is 0 Å². The van der Waals surface area contributed by atoms with Crippen molar-refractivity contribution in [3.05, 3.63) is 29.8 Å². The van der Waals surface area contributed by atoms with Crippen LogP contribution in [0.5, 0.6) is 5.75 Å². The van der Waals surface area contributed by atoms with Crippen LogP contribution in [0, 0.1) is 11.3 Å². The van der Waals surface area contributed by atoms with Crippen LogP contribution in [-0.2, 0) is 11.3 Å². The van der Waals surface area contributed by atoms with Crippen molar-refractivity contribution in [2.75, 3.05) is 13.2 Å². The highest BCUT2D eigenvalue weighted by atomic mass is 16.5. The SMILES string of the molecule is CC(C)CC[C@@]1(CCNCc2ccc(OC(C)C)cc2)CCOC(C)(C)C1. The lowest BCUT2D eigenvalue weighted by atomic mass is 9.68. The second kappa shape index (κ2) is 9.93. The van der Waals surface area contributed by atoms with Crippen LogP contribution in [0.4, 0.5) is 0 Å². The predicted molar refractivity (Wildman–Crippen MR) is 114 cm³/mol. The van der Waals surface area contributed by atoms with Gasteiger partial charge >= 0.3 is 0 Å². The number of hydrogen-bond donors (Lipinski definition) is 1. The highest BCUT2D eigenvalue weighted by Gasteiger charge is 2.40. The third kappa shape index (κ3) is 7.83. The van der Waals surface area contributed by atoms with Crippen molar-refractivity contribution in [2.24, 2.45) is 11.3 Å². The van der Waals surface area contributed by atoms with Crippen molar-refractivity contribution in [2.45, 2.75) is 91.9 Å². The summed E-state index contributed by atoms with van der Waals surface area (Å²) in [5, 5.41) is 3.67. The molecule has 0 radical (unpaired) electrons. The molecule has 1 aliphatic rings. The van der Waals surface area contributed by atoms with Crippen LogP contribution in [0.2, 0.25) is 0 Å². The molecule has 0 spiro atoms. The second-order valence-corrected chi connectivity index (χ2v) is 9.70. The zero-order valence-corrected chi connectivity index (χ0v) is 18.4. The molecule has 0 saturated carbocycles. The molecule has 154 valence electrons. The zero-order chi connectivity index (χ0) is 19.9. The highest BCUT2D eigenvalue weighted by Crippen LogP contribution is 2.45. The first-order chi connectivity index (χ1) is 12.7. The van der Waals surface area contributed by atoms with Gasteiger partial charge in [0, 0.05) is 13.2 Å². The molecule has 27 heavy (non-hydrogen) atoms. The molecule has 1 aliphatic heterocycles. The van der Waals surface area contributed by atoms with Crippen molar-refractivity contribution in [1.82, 2.24) is 5.32 Å². The van der Waals surface area contributed by atoms with Gasteiger partial charge in [-0.15, -0.1) is 0 Å². The molecular weight excluding hydrogens is 334 g/mol. The Kier molecular flexibility index (Phi) is 8.18. The van der Waals surface area contributed by atoms with Crippen LogP contribution in [-0.4, -0.2) is 24.9 Å². The summed E-state index contributed by atoms with van der Waals surface area (Å²) in [7, 11) is 0. The molecule has 0 amide bonds. The Morgan fingerprint density at radius 3 is 2.37 bits per heavy atom. The number of rotatable bonds is 10. The highest BCUT2D eigenvalue weighted by molar-refractivity contribution is 5.27. The average Bonchev–Trinajstić information content (AvgIpc) is 2.57. The number of hydrogen-bond acceptors (Lipinski definition) is 3. The summed E-state index contributed by atoms with van der Waals surface area (Å²) in [5.74, 6) is 1.72. The topological polar surface area (TPSA) is 30.5 Å². The fourth-order valence-corrected chi connectivity index (χ4v) is 4.28. The lowest BCUT2D eigenvalue weighted by Crippen LogP contribution is -2.42.